The highest BCUT2D eigenvalue weighted by Gasteiger charge is 2.33. The first-order chi connectivity index (χ1) is 8.21. The summed E-state index contributed by atoms with van der Waals surface area (Å²) in [7, 11) is 0. The van der Waals surface area contributed by atoms with Crippen molar-refractivity contribution in [2.24, 2.45) is 5.92 Å². The van der Waals surface area contributed by atoms with Gasteiger partial charge in [0.1, 0.15) is 5.69 Å². The Bertz CT molecular complexity index is 430. The summed E-state index contributed by atoms with van der Waals surface area (Å²) in [6.45, 7) is 3.62. The maximum Gasteiger partial charge on any atom is 0.433 e. The molecule has 0 radical (unpaired) electrons. The highest BCUT2D eigenvalue weighted by Crippen LogP contribution is 2.30. The molecule has 0 aliphatic rings. The summed E-state index contributed by atoms with van der Waals surface area (Å²) < 4.78 is 37.5. The Hall–Kier alpha value is -1.59. The minimum atomic E-state index is -4.56. The van der Waals surface area contributed by atoms with E-state index in [1.54, 1.807) is 0 Å². The molecule has 0 amide bonds. The molecule has 1 unspecified atom stereocenters. The fraction of sp³-hybridized carbons (Fsp3) is 0.500. The van der Waals surface area contributed by atoms with E-state index in [-0.39, 0.29) is 18.0 Å². The van der Waals surface area contributed by atoms with Crippen molar-refractivity contribution in [2.45, 2.75) is 32.4 Å². The Morgan fingerprint density at radius 2 is 2.00 bits per heavy atom. The number of alkyl halides is 3. The molecule has 0 aliphatic carbocycles. The fourth-order valence-corrected chi connectivity index (χ4v) is 1.62. The van der Waals surface area contributed by atoms with E-state index < -0.39 is 23.8 Å². The van der Waals surface area contributed by atoms with Crippen LogP contribution in [0.2, 0.25) is 0 Å². The molecule has 0 saturated carbocycles. The van der Waals surface area contributed by atoms with E-state index in [2.05, 4.69) is 4.98 Å². The zero-order valence-electron chi connectivity index (χ0n) is 10.0. The minimum absolute atomic E-state index is 0.0500. The summed E-state index contributed by atoms with van der Waals surface area (Å²) in [5.74, 6) is -2.11. The predicted octanol–water partition coefficient (Wildman–Crippen LogP) is 3.31. The Labute approximate surface area is 103 Å². The summed E-state index contributed by atoms with van der Waals surface area (Å²) in [5, 5.41) is 9.05. The van der Waals surface area contributed by atoms with Crippen molar-refractivity contribution >= 4 is 5.97 Å². The van der Waals surface area contributed by atoms with Gasteiger partial charge in [0.25, 0.3) is 0 Å². The van der Waals surface area contributed by atoms with Crippen LogP contribution in [0.1, 0.15) is 37.6 Å². The van der Waals surface area contributed by atoms with E-state index in [0.29, 0.717) is 0 Å². The van der Waals surface area contributed by atoms with Crippen molar-refractivity contribution in [3.05, 3.63) is 29.6 Å². The van der Waals surface area contributed by atoms with Crippen molar-refractivity contribution < 1.29 is 23.1 Å². The molecule has 0 aliphatic heterocycles. The molecule has 6 heteroatoms. The summed E-state index contributed by atoms with van der Waals surface area (Å²) in [4.78, 5) is 14.5. The maximum atomic E-state index is 12.5. The van der Waals surface area contributed by atoms with Crippen LogP contribution >= 0.6 is 0 Å². The number of carboxylic acid groups (broad SMARTS) is 1. The van der Waals surface area contributed by atoms with Crippen LogP contribution in [-0.2, 0) is 11.0 Å². The molecule has 18 heavy (non-hydrogen) atoms. The lowest BCUT2D eigenvalue weighted by molar-refractivity contribution is -0.143. The second-order valence-corrected chi connectivity index (χ2v) is 4.47. The molecule has 100 valence electrons. The molecule has 1 rings (SSSR count). The number of hydrogen-bond donors (Lipinski definition) is 1. The van der Waals surface area contributed by atoms with Crippen LogP contribution in [0.3, 0.4) is 0 Å². The first kappa shape index (κ1) is 14.5. The maximum absolute atomic E-state index is 12.5. The van der Waals surface area contributed by atoms with Gasteiger partial charge in [-0.3, -0.25) is 4.79 Å². The Morgan fingerprint density at radius 1 is 1.39 bits per heavy atom. The second kappa shape index (κ2) is 5.37. The van der Waals surface area contributed by atoms with Crippen LogP contribution < -0.4 is 0 Å². The summed E-state index contributed by atoms with van der Waals surface area (Å²) >= 11 is 0. The molecule has 1 aromatic heterocycles. The van der Waals surface area contributed by atoms with Crippen LogP contribution in [0, 0.1) is 5.92 Å². The van der Waals surface area contributed by atoms with Crippen molar-refractivity contribution in [2.75, 3.05) is 0 Å². The SMILES string of the molecule is CC(C)CC(C(=O)O)c1cccc(C(F)(F)F)n1. The highest BCUT2D eigenvalue weighted by atomic mass is 19.4. The van der Waals surface area contributed by atoms with E-state index in [1.165, 1.54) is 12.1 Å². The summed E-state index contributed by atoms with van der Waals surface area (Å²) in [6.07, 6.45) is -4.31. The summed E-state index contributed by atoms with van der Waals surface area (Å²) in [6, 6.07) is 3.33. The molecule has 3 nitrogen and oxygen atoms in total. The number of carboxylic acids is 1. The number of hydrogen-bond acceptors (Lipinski definition) is 2. The molecule has 1 aromatic rings. The van der Waals surface area contributed by atoms with Crippen LogP contribution in [-0.4, -0.2) is 16.1 Å². The van der Waals surface area contributed by atoms with E-state index >= 15 is 0 Å². The van der Waals surface area contributed by atoms with Crippen molar-refractivity contribution in [1.82, 2.24) is 4.98 Å². The monoisotopic (exact) mass is 261 g/mol. The van der Waals surface area contributed by atoms with Crippen molar-refractivity contribution in [1.29, 1.82) is 0 Å². The van der Waals surface area contributed by atoms with Crippen LogP contribution in [0.4, 0.5) is 13.2 Å². The molecular weight excluding hydrogens is 247 g/mol. The van der Waals surface area contributed by atoms with E-state index in [1.807, 2.05) is 13.8 Å². The Kier molecular flexibility index (Phi) is 4.32. The van der Waals surface area contributed by atoms with Gasteiger partial charge in [0.15, 0.2) is 0 Å². The quantitative estimate of drug-likeness (QED) is 0.904. The van der Waals surface area contributed by atoms with Gasteiger partial charge in [0, 0.05) is 0 Å². The van der Waals surface area contributed by atoms with E-state index in [9.17, 15) is 18.0 Å². The van der Waals surface area contributed by atoms with Crippen LogP contribution in [0.5, 0.6) is 0 Å². The van der Waals surface area contributed by atoms with Gasteiger partial charge in [-0.2, -0.15) is 13.2 Å². The van der Waals surface area contributed by atoms with E-state index in [0.717, 1.165) is 6.07 Å². The van der Waals surface area contributed by atoms with Crippen LogP contribution in [0.25, 0.3) is 0 Å². The zero-order chi connectivity index (χ0) is 13.9. The number of rotatable bonds is 4. The van der Waals surface area contributed by atoms with Gasteiger partial charge in [-0.15, -0.1) is 0 Å². The number of pyridine rings is 1. The molecule has 0 bridgehead atoms. The third-order valence-corrected chi connectivity index (χ3v) is 2.42. The zero-order valence-corrected chi connectivity index (χ0v) is 10.0. The van der Waals surface area contributed by atoms with Gasteiger partial charge >= 0.3 is 12.1 Å². The number of carbonyl (C=O) groups is 1. The normalized spacial score (nSPS) is 13.7. The predicted molar refractivity (Wildman–Crippen MR) is 59.1 cm³/mol. The van der Waals surface area contributed by atoms with Crippen molar-refractivity contribution in [3.63, 3.8) is 0 Å². The second-order valence-electron chi connectivity index (χ2n) is 4.47. The molecule has 1 heterocycles. The fourth-order valence-electron chi connectivity index (χ4n) is 1.62. The van der Waals surface area contributed by atoms with Gasteiger partial charge in [0.05, 0.1) is 11.6 Å². The van der Waals surface area contributed by atoms with Gasteiger partial charge in [-0.1, -0.05) is 19.9 Å². The molecule has 1 atom stereocenters. The molecule has 0 fully saturated rings. The topological polar surface area (TPSA) is 50.2 Å². The molecular formula is C12H14F3NO2. The Morgan fingerprint density at radius 3 is 2.44 bits per heavy atom. The number of nitrogens with zero attached hydrogens (tertiary/aromatic N) is 1. The lowest BCUT2D eigenvalue weighted by Gasteiger charge is -2.15. The average Bonchev–Trinajstić information content (AvgIpc) is 2.24. The highest BCUT2D eigenvalue weighted by molar-refractivity contribution is 5.75. The van der Waals surface area contributed by atoms with E-state index in [4.69, 9.17) is 5.11 Å². The van der Waals surface area contributed by atoms with Gasteiger partial charge in [0.2, 0.25) is 0 Å². The minimum Gasteiger partial charge on any atom is -0.481 e. The lowest BCUT2D eigenvalue weighted by Crippen LogP contribution is -2.17. The number of halogens is 3. The summed E-state index contributed by atoms with van der Waals surface area (Å²) in [5.41, 5.74) is -1.11. The molecule has 0 saturated heterocycles. The van der Waals surface area contributed by atoms with Gasteiger partial charge in [-0.05, 0) is 24.5 Å². The molecule has 1 N–H and O–H groups in total. The number of aromatic nitrogens is 1. The largest absolute Gasteiger partial charge is 0.481 e. The standard InChI is InChI=1S/C12H14F3NO2/c1-7(2)6-8(11(17)18)9-4-3-5-10(16-9)12(13,14)15/h3-5,7-8H,6H2,1-2H3,(H,17,18). The molecule has 0 spiro atoms. The third-order valence-electron chi connectivity index (χ3n) is 2.42. The Balaban J connectivity index is 3.10. The van der Waals surface area contributed by atoms with Gasteiger partial charge < -0.3 is 5.11 Å². The van der Waals surface area contributed by atoms with Gasteiger partial charge in [-0.25, -0.2) is 4.98 Å². The number of aliphatic carboxylic acids is 1. The first-order valence-electron chi connectivity index (χ1n) is 5.48. The molecule has 0 aromatic carbocycles. The van der Waals surface area contributed by atoms with Crippen LogP contribution in [0.15, 0.2) is 18.2 Å². The van der Waals surface area contributed by atoms with Crippen molar-refractivity contribution in [3.8, 4) is 0 Å². The first-order valence-corrected chi connectivity index (χ1v) is 5.48. The lowest BCUT2D eigenvalue weighted by atomic mass is 9.93. The smallest absolute Gasteiger partial charge is 0.433 e. The average molecular weight is 261 g/mol. The third kappa shape index (κ3) is 3.72.